The molecule has 0 saturated heterocycles. The van der Waals surface area contributed by atoms with Crippen LogP contribution in [-0.4, -0.2) is 28.8 Å². The van der Waals surface area contributed by atoms with Crippen LogP contribution in [0.3, 0.4) is 0 Å². The minimum Gasteiger partial charge on any atom is -0.497 e. The first-order chi connectivity index (χ1) is 15.0. The van der Waals surface area contributed by atoms with Crippen LogP contribution in [0.1, 0.15) is 22.4 Å². The second kappa shape index (κ2) is 8.44. The van der Waals surface area contributed by atoms with Gasteiger partial charge in [0.25, 0.3) is 11.8 Å². The molecule has 0 atom stereocenters. The van der Waals surface area contributed by atoms with Crippen LogP contribution in [0.25, 0.3) is 5.57 Å². The summed E-state index contributed by atoms with van der Waals surface area (Å²) in [6, 6.07) is 18.4. The number of hydrogen-bond donors (Lipinski definition) is 1. The maximum Gasteiger partial charge on any atom is 0.278 e. The molecule has 6 nitrogen and oxygen atoms in total. The summed E-state index contributed by atoms with van der Waals surface area (Å²) in [7, 11) is 1.58. The van der Waals surface area contributed by atoms with E-state index in [2.05, 4.69) is 10.3 Å². The Morgan fingerprint density at radius 1 is 0.935 bits per heavy atom. The molecule has 1 aliphatic heterocycles. The van der Waals surface area contributed by atoms with Gasteiger partial charge in [-0.15, -0.1) is 0 Å². The highest BCUT2D eigenvalue weighted by Crippen LogP contribution is 2.32. The van der Waals surface area contributed by atoms with Gasteiger partial charge < -0.3 is 10.1 Å². The maximum absolute atomic E-state index is 13.3. The third-order valence-corrected chi connectivity index (χ3v) is 5.37. The second-order valence-electron chi connectivity index (χ2n) is 7.42. The number of nitrogens with one attached hydrogen (secondary N) is 1. The zero-order chi connectivity index (χ0) is 22.0. The molecule has 3 aromatic rings. The number of ether oxygens (including phenoxy) is 1. The minimum absolute atomic E-state index is 0.107. The van der Waals surface area contributed by atoms with Gasteiger partial charge >= 0.3 is 0 Å². The molecule has 31 heavy (non-hydrogen) atoms. The van der Waals surface area contributed by atoms with Crippen molar-refractivity contribution in [3.05, 3.63) is 94.9 Å². The van der Waals surface area contributed by atoms with Crippen LogP contribution in [-0.2, 0) is 16.1 Å². The van der Waals surface area contributed by atoms with E-state index in [9.17, 15) is 9.59 Å². The number of pyridine rings is 1. The summed E-state index contributed by atoms with van der Waals surface area (Å²) >= 11 is 0. The van der Waals surface area contributed by atoms with Crippen molar-refractivity contribution in [2.24, 2.45) is 0 Å². The second-order valence-corrected chi connectivity index (χ2v) is 7.42. The molecule has 2 heterocycles. The number of aromatic nitrogens is 1. The summed E-state index contributed by atoms with van der Waals surface area (Å²) in [6.07, 6.45) is 1.65. The summed E-state index contributed by atoms with van der Waals surface area (Å²) < 4.78 is 5.22. The number of anilines is 1. The van der Waals surface area contributed by atoms with E-state index in [1.165, 1.54) is 4.90 Å². The molecule has 6 heteroatoms. The van der Waals surface area contributed by atoms with Crippen molar-refractivity contribution in [2.75, 3.05) is 12.4 Å². The molecule has 0 saturated carbocycles. The lowest BCUT2D eigenvalue weighted by Gasteiger charge is -2.15. The van der Waals surface area contributed by atoms with E-state index in [1.807, 2.05) is 38.1 Å². The van der Waals surface area contributed by atoms with Crippen LogP contribution in [0.15, 0.2) is 72.6 Å². The topological polar surface area (TPSA) is 71.5 Å². The van der Waals surface area contributed by atoms with Crippen molar-refractivity contribution in [3.63, 3.8) is 0 Å². The number of rotatable bonds is 6. The fourth-order valence-electron chi connectivity index (χ4n) is 3.48. The molecular formula is C25H23N3O3. The minimum atomic E-state index is -0.375. The van der Waals surface area contributed by atoms with Crippen molar-refractivity contribution in [1.82, 2.24) is 9.88 Å². The first kappa shape index (κ1) is 20.3. The van der Waals surface area contributed by atoms with E-state index in [4.69, 9.17) is 4.74 Å². The number of carbonyl (C=O) groups is 2. The van der Waals surface area contributed by atoms with Crippen molar-refractivity contribution in [1.29, 1.82) is 0 Å². The van der Waals surface area contributed by atoms with Crippen molar-refractivity contribution in [2.45, 2.75) is 20.4 Å². The zero-order valence-electron chi connectivity index (χ0n) is 17.7. The molecule has 0 unspecified atom stereocenters. The van der Waals surface area contributed by atoms with Crippen molar-refractivity contribution < 1.29 is 14.3 Å². The molecule has 1 N–H and O–H groups in total. The van der Waals surface area contributed by atoms with Crippen LogP contribution in [0, 0.1) is 13.8 Å². The summed E-state index contributed by atoms with van der Waals surface area (Å²) in [4.78, 5) is 32.1. The molecule has 1 aliphatic rings. The van der Waals surface area contributed by atoms with E-state index in [1.54, 1.807) is 49.7 Å². The summed E-state index contributed by atoms with van der Waals surface area (Å²) in [6.45, 7) is 4.14. The molecule has 2 amide bonds. The summed E-state index contributed by atoms with van der Waals surface area (Å²) in [5.74, 6) is -0.0537. The first-order valence-electron chi connectivity index (χ1n) is 9.97. The Morgan fingerprint density at radius 2 is 1.71 bits per heavy atom. The number of imide groups is 1. The molecule has 1 aromatic heterocycles. The van der Waals surface area contributed by atoms with E-state index in [0.29, 0.717) is 22.6 Å². The highest BCUT2D eigenvalue weighted by atomic mass is 16.5. The Labute approximate surface area is 181 Å². The van der Waals surface area contributed by atoms with E-state index >= 15 is 0 Å². The predicted octanol–water partition coefficient (Wildman–Crippen LogP) is 4.10. The van der Waals surface area contributed by atoms with Gasteiger partial charge in [0.15, 0.2) is 0 Å². The zero-order valence-corrected chi connectivity index (χ0v) is 17.7. The number of nitrogens with zero attached hydrogens (tertiary/aromatic N) is 2. The van der Waals surface area contributed by atoms with Gasteiger partial charge in [-0.05, 0) is 66.9 Å². The Kier molecular flexibility index (Phi) is 5.54. The maximum atomic E-state index is 13.3. The molecule has 2 aromatic carbocycles. The average Bonchev–Trinajstić information content (AvgIpc) is 3.01. The molecule has 0 aliphatic carbocycles. The number of carbonyl (C=O) groups excluding carboxylic acids is 2. The van der Waals surface area contributed by atoms with Gasteiger partial charge in [0.1, 0.15) is 11.4 Å². The highest BCUT2D eigenvalue weighted by molar-refractivity contribution is 6.36. The molecule has 0 fully saturated rings. The quantitative estimate of drug-likeness (QED) is 0.616. The largest absolute Gasteiger partial charge is 0.497 e. The summed E-state index contributed by atoms with van der Waals surface area (Å²) in [5, 5.41) is 3.20. The fourth-order valence-corrected chi connectivity index (χ4v) is 3.48. The number of amides is 2. The standard InChI is InChI=1S/C25H23N3O3/c1-16-7-10-19(14-17(16)2)27-23-22(18-8-11-21(31-3)12-9-18)24(29)28(25(23)30)15-20-6-4-5-13-26-20/h4-14,27H,15H2,1-3H3. The number of benzene rings is 2. The lowest BCUT2D eigenvalue weighted by molar-refractivity contribution is -0.137. The normalized spacial score (nSPS) is 13.7. The lowest BCUT2D eigenvalue weighted by Crippen LogP contribution is -2.32. The van der Waals surface area contributed by atoms with Gasteiger partial charge in [-0.3, -0.25) is 19.5 Å². The predicted molar refractivity (Wildman–Crippen MR) is 119 cm³/mol. The number of methoxy groups -OCH3 is 1. The van der Waals surface area contributed by atoms with E-state index in [-0.39, 0.29) is 24.1 Å². The van der Waals surface area contributed by atoms with Gasteiger partial charge in [0.05, 0.1) is 24.9 Å². The molecule has 0 spiro atoms. The molecule has 156 valence electrons. The van der Waals surface area contributed by atoms with Gasteiger partial charge in [-0.2, -0.15) is 0 Å². The van der Waals surface area contributed by atoms with Gasteiger partial charge in [0, 0.05) is 11.9 Å². The van der Waals surface area contributed by atoms with Gasteiger partial charge in [0.2, 0.25) is 0 Å². The van der Waals surface area contributed by atoms with Crippen LogP contribution in [0.2, 0.25) is 0 Å². The van der Waals surface area contributed by atoms with Crippen LogP contribution < -0.4 is 10.1 Å². The lowest BCUT2D eigenvalue weighted by atomic mass is 10.0. The Morgan fingerprint density at radius 3 is 2.35 bits per heavy atom. The van der Waals surface area contributed by atoms with E-state index < -0.39 is 0 Å². The number of hydrogen-bond acceptors (Lipinski definition) is 5. The third kappa shape index (κ3) is 4.05. The van der Waals surface area contributed by atoms with Crippen LogP contribution in [0.4, 0.5) is 5.69 Å². The molecule has 4 rings (SSSR count). The average molecular weight is 413 g/mol. The first-order valence-corrected chi connectivity index (χ1v) is 9.97. The monoisotopic (exact) mass is 413 g/mol. The Balaban J connectivity index is 1.75. The van der Waals surface area contributed by atoms with Crippen LogP contribution >= 0.6 is 0 Å². The van der Waals surface area contributed by atoms with Crippen molar-refractivity contribution >= 4 is 23.1 Å². The van der Waals surface area contributed by atoms with Crippen LogP contribution in [0.5, 0.6) is 5.75 Å². The van der Waals surface area contributed by atoms with Crippen molar-refractivity contribution in [3.8, 4) is 5.75 Å². The fraction of sp³-hybridized carbons (Fsp3) is 0.160. The molecule has 0 radical (unpaired) electrons. The number of aryl methyl sites for hydroxylation is 2. The third-order valence-electron chi connectivity index (χ3n) is 5.37. The summed E-state index contributed by atoms with van der Waals surface area (Å²) in [5.41, 5.74) is 4.89. The smallest absolute Gasteiger partial charge is 0.278 e. The van der Waals surface area contributed by atoms with E-state index in [0.717, 1.165) is 16.8 Å². The Hall–Kier alpha value is -3.93. The SMILES string of the molecule is COc1ccc(C2=C(Nc3ccc(C)c(C)c3)C(=O)N(Cc3ccccn3)C2=O)cc1. The van der Waals surface area contributed by atoms with Gasteiger partial charge in [-0.25, -0.2) is 0 Å². The Bertz CT molecular complexity index is 1170. The molecule has 0 bridgehead atoms. The van der Waals surface area contributed by atoms with Gasteiger partial charge in [-0.1, -0.05) is 24.3 Å². The molecular weight excluding hydrogens is 390 g/mol. The highest BCUT2D eigenvalue weighted by Gasteiger charge is 2.39.